The molecular weight excluding hydrogens is 372 g/mol. The van der Waals surface area contributed by atoms with Crippen LogP contribution in [0.25, 0.3) is 11.1 Å². The van der Waals surface area contributed by atoms with Crippen LogP contribution in [0.5, 0.6) is 0 Å². The molecule has 3 rings (SSSR count). The molecule has 2 aromatic carbocycles. The van der Waals surface area contributed by atoms with E-state index in [0.717, 1.165) is 15.7 Å². The first-order valence-corrected chi connectivity index (χ1v) is 9.50. The summed E-state index contributed by atoms with van der Waals surface area (Å²) in [6, 6.07) is 9.45. The second-order valence-electron chi connectivity index (χ2n) is 6.08. The van der Waals surface area contributed by atoms with E-state index in [-0.39, 0.29) is 17.0 Å². The number of fused-ring (bicyclic) bond motifs is 1. The number of hydrogen-bond donors (Lipinski definition) is 1. The summed E-state index contributed by atoms with van der Waals surface area (Å²) >= 11 is 0. The van der Waals surface area contributed by atoms with E-state index in [2.05, 4.69) is 9.46 Å². The van der Waals surface area contributed by atoms with E-state index in [9.17, 15) is 18.0 Å². The van der Waals surface area contributed by atoms with E-state index in [1.54, 1.807) is 13.0 Å². The Hall–Kier alpha value is -3.07. The topological polar surface area (TPSA) is 108 Å². The van der Waals surface area contributed by atoms with E-state index >= 15 is 0 Å². The number of methoxy groups -OCH3 is 1. The zero-order valence-electron chi connectivity index (χ0n) is 15.0. The number of aryl methyl sites for hydroxylation is 2. The highest BCUT2D eigenvalue weighted by Crippen LogP contribution is 2.23. The third-order valence-electron chi connectivity index (χ3n) is 4.10. The quantitative estimate of drug-likeness (QED) is 0.669. The van der Waals surface area contributed by atoms with Crippen LogP contribution in [-0.4, -0.2) is 26.1 Å². The molecular formula is C18H18N2O6S. The Morgan fingerprint density at radius 1 is 1.19 bits per heavy atom. The number of nitrogens with zero attached hydrogens (tertiary/aromatic N) is 1. The van der Waals surface area contributed by atoms with Crippen LogP contribution in [0.2, 0.25) is 0 Å². The highest BCUT2D eigenvalue weighted by atomic mass is 32.2. The molecule has 8 nitrogen and oxygen atoms in total. The van der Waals surface area contributed by atoms with E-state index in [4.69, 9.17) is 4.42 Å². The van der Waals surface area contributed by atoms with Gasteiger partial charge < -0.3 is 9.15 Å². The fourth-order valence-electron chi connectivity index (χ4n) is 2.61. The van der Waals surface area contributed by atoms with Crippen LogP contribution in [-0.2, 0) is 26.1 Å². The minimum Gasteiger partial charge on any atom is -0.468 e. The number of sulfonamides is 1. The number of benzene rings is 2. The van der Waals surface area contributed by atoms with Gasteiger partial charge in [-0.25, -0.2) is 13.2 Å². The summed E-state index contributed by atoms with van der Waals surface area (Å²) in [5.74, 6) is -1.39. The maximum absolute atomic E-state index is 12.7. The number of aromatic nitrogens is 1. The molecule has 0 saturated heterocycles. The Labute approximate surface area is 155 Å². The van der Waals surface area contributed by atoms with Gasteiger partial charge in [-0.1, -0.05) is 12.1 Å². The SMILES string of the molecule is COC(=O)Cn1c(=O)oc2cc(S(=O)(=O)Nc3cc(C)ccc3C)ccc21. The summed E-state index contributed by atoms with van der Waals surface area (Å²) in [5, 5.41) is 0. The van der Waals surface area contributed by atoms with E-state index in [1.165, 1.54) is 25.3 Å². The zero-order valence-corrected chi connectivity index (χ0v) is 15.8. The monoisotopic (exact) mass is 390 g/mol. The predicted molar refractivity (Wildman–Crippen MR) is 99.2 cm³/mol. The molecule has 3 aromatic rings. The van der Waals surface area contributed by atoms with Gasteiger partial charge in [-0.2, -0.15) is 0 Å². The van der Waals surface area contributed by atoms with Crippen molar-refractivity contribution >= 4 is 32.8 Å². The van der Waals surface area contributed by atoms with Crippen LogP contribution in [0.4, 0.5) is 5.69 Å². The molecule has 0 spiro atoms. The summed E-state index contributed by atoms with van der Waals surface area (Å²) in [6.45, 7) is 3.34. The fourth-order valence-corrected chi connectivity index (χ4v) is 3.74. The highest BCUT2D eigenvalue weighted by molar-refractivity contribution is 7.92. The average Bonchev–Trinajstić information content (AvgIpc) is 2.92. The molecule has 0 unspecified atom stereocenters. The standard InChI is InChI=1S/C18H18N2O6S/c1-11-4-5-12(2)14(8-11)19-27(23,24)13-6-7-15-16(9-13)26-18(22)20(15)10-17(21)25-3/h4-9,19H,10H2,1-3H3. The largest absolute Gasteiger partial charge is 0.468 e. The highest BCUT2D eigenvalue weighted by Gasteiger charge is 2.19. The van der Waals surface area contributed by atoms with Crippen molar-refractivity contribution in [1.29, 1.82) is 0 Å². The molecule has 0 aliphatic carbocycles. The molecule has 0 aliphatic rings. The van der Waals surface area contributed by atoms with Gasteiger partial charge in [0.15, 0.2) is 5.58 Å². The predicted octanol–water partition coefficient (Wildman–Crippen LogP) is 2.19. The number of rotatable bonds is 5. The Morgan fingerprint density at radius 3 is 2.63 bits per heavy atom. The lowest BCUT2D eigenvalue weighted by Crippen LogP contribution is -2.20. The first kappa shape index (κ1) is 18.7. The smallest absolute Gasteiger partial charge is 0.420 e. The Bertz CT molecular complexity index is 1190. The number of oxazole rings is 1. The average molecular weight is 390 g/mol. The number of ether oxygens (including phenoxy) is 1. The summed E-state index contributed by atoms with van der Waals surface area (Å²) in [4.78, 5) is 23.3. The van der Waals surface area contributed by atoms with E-state index in [1.807, 2.05) is 19.1 Å². The molecule has 1 N–H and O–H groups in total. The van der Waals surface area contributed by atoms with Crippen molar-refractivity contribution in [3.63, 3.8) is 0 Å². The number of carbonyl (C=O) groups is 1. The molecule has 0 radical (unpaired) electrons. The van der Waals surface area contributed by atoms with Gasteiger partial charge in [-0.3, -0.25) is 14.1 Å². The van der Waals surface area contributed by atoms with Crippen LogP contribution >= 0.6 is 0 Å². The maximum Gasteiger partial charge on any atom is 0.420 e. The zero-order chi connectivity index (χ0) is 19.8. The van der Waals surface area contributed by atoms with Crippen LogP contribution in [0.3, 0.4) is 0 Å². The third-order valence-corrected chi connectivity index (χ3v) is 5.47. The molecule has 27 heavy (non-hydrogen) atoms. The number of esters is 1. The van der Waals surface area contributed by atoms with E-state index < -0.39 is 21.7 Å². The van der Waals surface area contributed by atoms with Gasteiger partial charge in [0.05, 0.1) is 23.2 Å². The number of carbonyl (C=O) groups excluding carboxylic acids is 1. The van der Waals surface area contributed by atoms with Gasteiger partial charge in [-0.15, -0.1) is 0 Å². The molecule has 1 aromatic heterocycles. The van der Waals surface area contributed by atoms with Crippen molar-refractivity contribution in [2.24, 2.45) is 0 Å². The molecule has 0 saturated carbocycles. The molecule has 9 heteroatoms. The normalized spacial score (nSPS) is 11.5. The van der Waals surface area contributed by atoms with Crippen molar-refractivity contribution in [2.75, 3.05) is 11.8 Å². The fraction of sp³-hybridized carbons (Fsp3) is 0.222. The molecule has 0 amide bonds. The Morgan fingerprint density at radius 2 is 1.93 bits per heavy atom. The summed E-state index contributed by atoms with van der Waals surface area (Å²) in [7, 11) is -2.68. The lowest BCUT2D eigenvalue weighted by Gasteiger charge is -2.11. The minimum atomic E-state index is -3.89. The Balaban J connectivity index is 2.00. The summed E-state index contributed by atoms with van der Waals surface area (Å²) < 4.78 is 38.7. The van der Waals surface area contributed by atoms with Crippen LogP contribution < -0.4 is 10.5 Å². The lowest BCUT2D eigenvalue weighted by atomic mass is 10.1. The summed E-state index contributed by atoms with van der Waals surface area (Å²) in [6.07, 6.45) is 0. The van der Waals surface area contributed by atoms with Crippen LogP contribution in [0.15, 0.2) is 50.5 Å². The minimum absolute atomic E-state index is 0.0603. The van der Waals surface area contributed by atoms with Gasteiger partial charge in [0.1, 0.15) is 6.54 Å². The molecule has 0 aliphatic heterocycles. The second-order valence-corrected chi connectivity index (χ2v) is 7.77. The second kappa shape index (κ2) is 6.92. The number of anilines is 1. The van der Waals surface area contributed by atoms with Crippen molar-refractivity contribution in [3.8, 4) is 0 Å². The van der Waals surface area contributed by atoms with Gasteiger partial charge in [0.25, 0.3) is 10.0 Å². The van der Waals surface area contributed by atoms with Crippen molar-refractivity contribution in [1.82, 2.24) is 4.57 Å². The molecule has 0 fully saturated rings. The molecule has 1 heterocycles. The van der Waals surface area contributed by atoms with Crippen LogP contribution in [0, 0.1) is 13.8 Å². The lowest BCUT2D eigenvalue weighted by molar-refractivity contribution is -0.141. The van der Waals surface area contributed by atoms with Crippen molar-refractivity contribution in [3.05, 3.63) is 58.1 Å². The molecule has 0 atom stereocenters. The van der Waals surface area contributed by atoms with Gasteiger partial charge in [0.2, 0.25) is 0 Å². The third kappa shape index (κ3) is 3.72. The van der Waals surface area contributed by atoms with Gasteiger partial charge >= 0.3 is 11.7 Å². The van der Waals surface area contributed by atoms with Crippen molar-refractivity contribution < 1.29 is 22.4 Å². The van der Waals surface area contributed by atoms with Crippen LogP contribution in [0.1, 0.15) is 11.1 Å². The first-order valence-electron chi connectivity index (χ1n) is 8.01. The van der Waals surface area contributed by atoms with Crippen molar-refractivity contribution in [2.45, 2.75) is 25.3 Å². The Kier molecular flexibility index (Phi) is 4.79. The molecule has 0 bridgehead atoms. The first-order chi connectivity index (χ1) is 12.7. The summed E-state index contributed by atoms with van der Waals surface area (Å²) in [5.41, 5.74) is 2.53. The van der Waals surface area contributed by atoms with Gasteiger partial charge in [0, 0.05) is 6.07 Å². The molecule has 142 valence electrons. The maximum atomic E-state index is 12.7. The number of nitrogens with one attached hydrogen (secondary N) is 1. The van der Waals surface area contributed by atoms with Gasteiger partial charge in [-0.05, 0) is 43.2 Å². The number of hydrogen-bond acceptors (Lipinski definition) is 6. The van der Waals surface area contributed by atoms with E-state index in [0.29, 0.717) is 11.2 Å².